The van der Waals surface area contributed by atoms with Crippen LogP contribution in [0.1, 0.15) is 57.4 Å². The van der Waals surface area contributed by atoms with Crippen LogP contribution in [-0.2, 0) is 11.2 Å². The summed E-state index contributed by atoms with van der Waals surface area (Å²) in [7, 11) is 0. The normalized spacial score (nSPS) is 18.2. The molecule has 2 rings (SSSR count). The van der Waals surface area contributed by atoms with Crippen molar-refractivity contribution in [3.63, 3.8) is 0 Å². The van der Waals surface area contributed by atoms with Crippen LogP contribution >= 0.6 is 0 Å². The van der Waals surface area contributed by atoms with E-state index in [-0.39, 0.29) is 5.91 Å². The fraction of sp³-hybridized carbons (Fsp3) is 0.611. The predicted octanol–water partition coefficient (Wildman–Crippen LogP) is 4.09. The predicted molar refractivity (Wildman–Crippen MR) is 83.6 cm³/mol. The Bertz CT molecular complexity index is 393. The molecule has 20 heavy (non-hydrogen) atoms. The van der Waals surface area contributed by atoms with Crippen LogP contribution in [-0.4, -0.2) is 11.9 Å². The maximum Gasteiger partial charge on any atom is 0.220 e. The van der Waals surface area contributed by atoms with Gasteiger partial charge in [0.25, 0.3) is 0 Å². The van der Waals surface area contributed by atoms with Crippen LogP contribution in [0, 0.1) is 5.92 Å². The van der Waals surface area contributed by atoms with E-state index in [0.717, 1.165) is 6.42 Å². The molecule has 2 heteroatoms. The van der Waals surface area contributed by atoms with Crippen LogP contribution in [0.15, 0.2) is 30.3 Å². The quantitative estimate of drug-likeness (QED) is 0.804. The summed E-state index contributed by atoms with van der Waals surface area (Å²) in [6.07, 6.45) is 9.38. The lowest BCUT2D eigenvalue weighted by Crippen LogP contribution is -2.38. The number of benzene rings is 1. The fourth-order valence-corrected chi connectivity index (χ4v) is 3.16. The van der Waals surface area contributed by atoms with Crippen LogP contribution in [0.4, 0.5) is 0 Å². The van der Waals surface area contributed by atoms with Gasteiger partial charge in [0, 0.05) is 12.5 Å². The molecule has 0 spiro atoms. The summed E-state index contributed by atoms with van der Waals surface area (Å²) in [6.45, 7) is 2.18. The molecule has 1 atom stereocenters. The van der Waals surface area contributed by atoms with E-state index in [4.69, 9.17) is 0 Å². The molecule has 0 bridgehead atoms. The lowest BCUT2D eigenvalue weighted by molar-refractivity contribution is -0.122. The Labute approximate surface area is 123 Å². The Morgan fingerprint density at radius 1 is 1.15 bits per heavy atom. The van der Waals surface area contributed by atoms with Gasteiger partial charge in [-0.15, -0.1) is 0 Å². The summed E-state index contributed by atoms with van der Waals surface area (Å²) in [5.41, 5.74) is 1.24. The van der Waals surface area contributed by atoms with Gasteiger partial charge in [-0.1, -0.05) is 56.0 Å². The minimum absolute atomic E-state index is 0.200. The fourth-order valence-electron chi connectivity index (χ4n) is 3.16. The van der Waals surface area contributed by atoms with Crippen molar-refractivity contribution in [1.29, 1.82) is 0 Å². The molecule has 1 aromatic carbocycles. The standard InChI is InChI=1S/C18H27NO/c1-15(17-11-7-2-3-8-12-17)19-18(20)14-13-16-9-5-4-6-10-16/h4-6,9-10,15,17H,2-3,7-8,11-14H2,1H3,(H,19,20). The van der Waals surface area contributed by atoms with Crippen molar-refractivity contribution in [1.82, 2.24) is 5.32 Å². The second kappa shape index (κ2) is 8.08. The number of amides is 1. The van der Waals surface area contributed by atoms with E-state index >= 15 is 0 Å². The SMILES string of the molecule is CC(NC(=O)CCc1ccccc1)C1CCCCCC1. The van der Waals surface area contributed by atoms with Gasteiger partial charge in [-0.25, -0.2) is 0 Å². The summed E-state index contributed by atoms with van der Waals surface area (Å²) in [5.74, 6) is 0.878. The first-order valence-electron chi connectivity index (χ1n) is 8.09. The smallest absolute Gasteiger partial charge is 0.220 e. The molecule has 110 valence electrons. The zero-order valence-corrected chi connectivity index (χ0v) is 12.6. The van der Waals surface area contributed by atoms with Crippen molar-refractivity contribution in [3.05, 3.63) is 35.9 Å². The number of hydrogen-bond donors (Lipinski definition) is 1. The first-order chi connectivity index (χ1) is 9.75. The topological polar surface area (TPSA) is 29.1 Å². The van der Waals surface area contributed by atoms with E-state index in [2.05, 4.69) is 24.4 Å². The van der Waals surface area contributed by atoms with Gasteiger partial charge >= 0.3 is 0 Å². The summed E-state index contributed by atoms with van der Waals surface area (Å²) < 4.78 is 0. The summed E-state index contributed by atoms with van der Waals surface area (Å²) in [5, 5.41) is 3.21. The van der Waals surface area contributed by atoms with E-state index < -0.39 is 0 Å². The number of rotatable bonds is 5. The molecule has 0 heterocycles. The number of carbonyl (C=O) groups excluding carboxylic acids is 1. The van der Waals surface area contributed by atoms with Crippen LogP contribution in [0.2, 0.25) is 0 Å². The molecule has 2 nitrogen and oxygen atoms in total. The first-order valence-corrected chi connectivity index (χ1v) is 8.09. The van der Waals surface area contributed by atoms with Gasteiger partial charge in [0.2, 0.25) is 5.91 Å². The molecule has 1 fully saturated rings. The Morgan fingerprint density at radius 3 is 2.45 bits per heavy atom. The molecule has 1 aliphatic rings. The van der Waals surface area contributed by atoms with Crippen LogP contribution in [0.3, 0.4) is 0 Å². The van der Waals surface area contributed by atoms with Crippen molar-refractivity contribution in [2.24, 2.45) is 5.92 Å². The third kappa shape index (κ3) is 4.99. The van der Waals surface area contributed by atoms with Crippen LogP contribution in [0.25, 0.3) is 0 Å². The minimum atomic E-state index is 0.200. The molecule has 1 aliphatic carbocycles. The van der Waals surface area contributed by atoms with E-state index in [9.17, 15) is 4.79 Å². The second-order valence-electron chi connectivity index (χ2n) is 6.09. The van der Waals surface area contributed by atoms with Gasteiger partial charge in [0.05, 0.1) is 0 Å². The van der Waals surface area contributed by atoms with Crippen molar-refractivity contribution in [2.45, 2.75) is 64.3 Å². The summed E-state index contributed by atoms with van der Waals surface area (Å²) in [4.78, 5) is 12.0. The molecule has 0 aromatic heterocycles. The van der Waals surface area contributed by atoms with Crippen molar-refractivity contribution >= 4 is 5.91 Å². The van der Waals surface area contributed by atoms with Gasteiger partial charge < -0.3 is 5.32 Å². The number of aryl methyl sites for hydroxylation is 1. The van der Waals surface area contributed by atoms with Crippen molar-refractivity contribution < 1.29 is 4.79 Å². The highest BCUT2D eigenvalue weighted by molar-refractivity contribution is 5.76. The highest BCUT2D eigenvalue weighted by atomic mass is 16.1. The zero-order chi connectivity index (χ0) is 14.2. The van der Waals surface area contributed by atoms with Crippen molar-refractivity contribution in [2.75, 3.05) is 0 Å². The third-order valence-corrected chi connectivity index (χ3v) is 4.48. The second-order valence-corrected chi connectivity index (χ2v) is 6.09. The molecule has 1 amide bonds. The lowest BCUT2D eigenvalue weighted by atomic mass is 9.93. The molecule has 1 aromatic rings. The average molecular weight is 273 g/mol. The Kier molecular flexibility index (Phi) is 6.10. The van der Waals surface area contributed by atoms with E-state index in [1.165, 1.54) is 44.1 Å². The molecule has 0 aliphatic heterocycles. The van der Waals surface area contributed by atoms with Gasteiger partial charge in [0.1, 0.15) is 0 Å². The maximum atomic E-state index is 12.0. The summed E-state index contributed by atoms with van der Waals surface area (Å²) in [6, 6.07) is 10.6. The van der Waals surface area contributed by atoms with Crippen LogP contribution < -0.4 is 5.32 Å². The van der Waals surface area contributed by atoms with E-state index in [1.807, 2.05) is 18.2 Å². The third-order valence-electron chi connectivity index (χ3n) is 4.48. The molecular formula is C18H27NO. The van der Waals surface area contributed by atoms with Gasteiger partial charge in [-0.3, -0.25) is 4.79 Å². The Morgan fingerprint density at radius 2 is 1.80 bits per heavy atom. The Hall–Kier alpha value is -1.31. The largest absolute Gasteiger partial charge is 0.353 e. The van der Waals surface area contributed by atoms with E-state index in [0.29, 0.717) is 18.4 Å². The van der Waals surface area contributed by atoms with Gasteiger partial charge in [0.15, 0.2) is 0 Å². The minimum Gasteiger partial charge on any atom is -0.353 e. The molecule has 1 saturated carbocycles. The summed E-state index contributed by atoms with van der Waals surface area (Å²) >= 11 is 0. The van der Waals surface area contributed by atoms with E-state index in [1.54, 1.807) is 0 Å². The highest BCUT2D eigenvalue weighted by Crippen LogP contribution is 2.25. The van der Waals surface area contributed by atoms with Crippen molar-refractivity contribution in [3.8, 4) is 0 Å². The number of carbonyl (C=O) groups is 1. The first kappa shape index (κ1) is 15.1. The lowest BCUT2D eigenvalue weighted by Gasteiger charge is -2.23. The Balaban J connectivity index is 1.73. The number of nitrogens with one attached hydrogen (secondary N) is 1. The molecule has 0 radical (unpaired) electrons. The van der Waals surface area contributed by atoms with Crippen LogP contribution in [0.5, 0.6) is 0 Å². The average Bonchev–Trinajstić information content (AvgIpc) is 2.75. The highest BCUT2D eigenvalue weighted by Gasteiger charge is 2.20. The number of hydrogen-bond acceptors (Lipinski definition) is 1. The monoisotopic (exact) mass is 273 g/mol. The molecule has 1 unspecified atom stereocenters. The molecular weight excluding hydrogens is 246 g/mol. The molecule has 1 N–H and O–H groups in total. The zero-order valence-electron chi connectivity index (χ0n) is 12.6. The van der Waals surface area contributed by atoms with Gasteiger partial charge in [-0.05, 0) is 37.7 Å². The maximum absolute atomic E-state index is 12.0. The molecule has 0 saturated heterocycles. The van der Waals surface area contributed by atoms with Gasteiger partial charge in [-0.2, -0.15) is 0 Å².